The van der Waals surface area contributed by atoms with Gasteiger partial charge in [-0.2, -0.15) is 0 Å². The quantitative estimate of drug-likeness (QED) is 0.372. The van der Waals surface area contributed by atoms with Gasteiger partial charge in [0.15, 0.2) is 11.5 Å². The Labute approximate surface area is 203 Å². The van der Waals surface area contributed by atoms with Crippen LogP contribution >= 0.6 is 0 Å². The number of aryl methyl sites for hydroxylation is 1. The number of nitrogens with one attached hydrogen (secondary N) is 3. The summed E-state index contributed by atoms with van der Waals surface area (Å²) < 4.78 is 10.2. The van der Waals surface area contributed by atoms with Crippen molar-refractivity contribution < 1.29 is 28.4 Å². The van der Waals surface area contributed by atoms with E-state index in [1.165, 1.54) is 6.07 Å². The Balaban J connectivity index is 1.62. The Morgan fingerprint density at radius 1 is 1.11 bits per heavy atom. The lowest BCUT2D eigenvalue weighted by Crippen LogP contribution is -2.52. The lowest BCUT2D eigenvalue weighted by atomic mass is 9.93. The molecule has 0 saturated carbocycles. The van der Waals surface area contributed by atoms with Gasteiger partial charge in [0, 0.05) is 24.9 Å². The zero-order chi connectivity index (χ0) is 25.6. The molecule has 1 fully saturated rings. The maximum absolute atomic E-state index is 12.9. The number of carbonyl (C=O) groups excluding carboxylic acids is 4. The van der Waals surface area contributed by atoms with E-state index in [1.807, 2.05) is 13.8 Å². The Morgan fingerprint density at radius 3 is 2.37 bits per heavy atom. The van der Waals surface area contributed by atoms with Crippen LogP contribution in [0, 0.1) is 12.8 Å². The average Bonchev–Trinajstić information content (AvgIpc) is 3.42. The van der Waals surface area contributed by atoms with Crippen molar-refractivity contribution in [2.24, 2.45) is 5.92 Å². The fraction of sp³-hybridized carbons (Fsp3) is 0.500. The highest BCUT2D eigenvalue weighted by molar-refractivity contribution is 5.98. The van der Waals surface area contributed by atoms with Crippen molar-refractivity contribution >= 4 is 23.5 Å². The van der Waals surface area contributed by atoms with Gasteiger partial charge in [-0.05, 0) is 43.9 Å². The molecule has 0 unspecified atom stereocenters. The summed E-state index contributed by atoms with van der Waals surface area (Å²) in [5, 5.41) is 11.6. The van der Waals surface area contributed by atoms with E-state index in [1.54, 1.807) is 38.4 Å². The minimum absolute atomic E-state index is 0.0404. The van der Waals surface area contributed by atoms with Crippen LogP contribution in [-0.4, -0.2) is 64.5 Å². The molecule has 188 valence electrons. The summed E-state index contributed by atoms with van der Waals surface area (Å²) in [4.78, 5) is 54.8. The maximum atomic E-state index is 12.9. The molecule has 0 bridgehead atoms. The molecule has 1 aliphatic heterocycles. The monoisotopic (exact) mass is 485 g/mol. The molecule has 11 nitrogen and oxygen atoms in total. The number of nitrogens with zero attached hydrogens (tertiary/aromatic N) is 2. The summed E-state index contributed by atoms with van der Waals surface area (Å²) in [6.45, 7) is 7.22. The zero-order valence-corrected chi connectivity index (χ0v) is 20.3. The molecule has 1 saturated heterocycles. The molecule has 2 aromatic heterocycles. The summed E-state index contributed by atoms with van der Waals surface area (Å²) in [7, 11) is 0. The van der Waals surface area contributed by atoms with Crippen molar-refractivity contribution in [3.8, 4) is 0 Å². The van der Waals surface area contributed by atoms with Crippen LogP contribution in [0.1, 0.15) is 49.0 Å². The van der Waals surface area contributed by atoms with Gasteiger partial charge in [-0.25, -0.2) is 0 Å². The Hall–Kier alpha value is -3.60. The summed E-state index contributed by atoms with van der Waals surface area (Å²) in [5.41, 5.74) is -0.0599. The summed E-state index contributed by atoms with van der Waals surface area (Å²) in [5.74, 6) is -1.21. The van der Waals surface area contributed by atoms with E-state index in [-0.39, 0.29) is 30.4 Å². The topological polar surface area (TPSA) is 156 Å². The number of amides is 3. The molecule has 0 radical (unpaired) electrons. The molecule has 35 heavy (non-hydrogen) atoms. The number of Topliss-reactive ketones (excluding diaryl/α,β-unsaturated/α-hetero) is 1. The van der Waals surface area contributed by atoms with Crippen LogP contribution in [-0.2, 0) is 25.5 Å². The first-order chi connectivity index (χ1) is 16.6. The highest BCUT2D eigenvalue weighted by Crippen LogP contribution is 2.29. The van der Waals surface area contributed by atoms with Crippen molar-refractivity contribution in [2.75, 3.05) is 13.2 Å². The first-order valence-electron chi connectivity index (χ1n) is 11.5. The van der Waals surface area contributed by atoms with E-state index in [0.717, 1.165) is 5.56 Å². The van der Waals surface area contributed by atoms with Crippen molar-refractivity contribution in [1.29, 1.82) is 0 Å². The van der Waals surface area contributed by atoms with Gasteiger partial charge in [-0.15, -0.1) is 0 Å². The molecule has 2 aromatic rings. The van der Waals surface area contributed by atoms with Crippen LogP contribution in [0.25, 0.3) is 0 Å². The SMILES string of the molecule is Cc1cc(C(=O)N[C@@H](Cc2ccncc2)C(=O)NCC(=O)N[C@@H](CC(C)C)C(=O)[C@@]2(C)CO2)no1. The van der Waals surface area contributed by atoms with Crippen molar-refractivity contribution in [1.82, 2.24) is 26.1 Å². The van der Waals surface area contributed by atoms with Crippen LogP contribution in [0.2, 0.25) is 0 Å². The highest BCUT2D eigenvalue weighted by atomic mass is 16.6. The van der Waals surface area contributed by atoms with Crippen molar-refractivity contribution in [2.45, 2.75) is 58.2 Å². The van der Waals surface area contributed by atoms with Crippen molar-refractivity contribution in [3.63, 3.8) is 0 Å². The maximum Gasteiger partial charge on any atom is 0.274 e. The van der Waals surface area contributed by atoms with Crippen LogP contribution in [0.4, 0.5) is 0 Å². The smallest absolute Gasteiger partial charge is 0.274 e. The molecule has 3 amide bonds. The van der Waals surface area contributed by atoms with Gasteiger partial charge >= 0.3 is 0 Å². The number of pyridine rings is 1. The predicted octanol–water partition coefficient (Wildman–Crippen LogP) is 0.724. The highest BCUT2D eigenvalue weighted by Gasteiger charge is 2.50. The number of epoxide rings is 1. The van der Waals surface area contributed by atoms with E-state index in [4.69, 9.17) is 9.26 Å². The summed E-state index contributed by atoms with van der Waals surface area (Å²) in [6, 6.07) is 3.21. The first kappa shape index (κ1) is 26.0. The molecule has 1 aliphatic rings. The molecular formula is C24H31N5O6. The number of rotatable bonds is 12. The Kier molecular flexibility index (Phi) is 8.34. The molecule has 3 rings (SSSR count). The van der Waals surface area contributed by atoms with Gasteiger partial charge < -0.3 is 25.2 Å². The fourth-order valence-corrected chi connectivity index (χ4v) is 3.53. The minimum atomic E-state index is -0.985. The van der Waals surface area contributed by atoms with Gasteiger partial charge in [0.2, 0.25) is 11.8 Å². The van der Waals surface area contributed by atoms with E-state index < -0.39 is 35.4 Å². The Bertz CT molecular complexity index is 1060. The van der Waals surface area contributed by atoms with Gasteiger partial charge in [-0.3, -0.25) is 24.2 Å². The largest absolute Gasteiger partial charge is 0.361 e. The number of aromatic nitrogens is 2. The van der Waals surface area contributed by atoms with Gasteiger partial charge in [0.1, 0.15) is 17.4 Å². The third kappa shape index (κ3) is 7.44. The van der Waals surface area contributed by atoms with Gasteiger partial charge in [0.25, 0.3) is 5.91 Å². The van der Waals surface area contributed by atoms with Gasteiger partial charge in [0.05, 0.1) is 19.2 Å². The lowest BCUT2D eigenvalue weighted by molar-refractivity contribution is -0.131. The molecule has 3 heterocycles. The minimum Gasteiger partial charge on any atom is -0.361 e. The second-order valence-corrected chi connectivity index (χ2v) is 9.26. The normalized spacial score (nSPS) is 18.4. The molecule has 3 atom stereocenters. The second kappa shape index (κ2) is 11.2. The van der Waals surface area contributed by atoms with E-state index in [9.17, 15) is 19.2 Å². The van der Waals surface area contributed by atoms with Crippen LogP contribution in [0.5, 0.6) is 0 Å². The predicted molar refractivity (Wildman–Crippen MR) is 124 cm³/mol. The van der Waals surface area contributed by atoms with Crippen LogP contribution < -0.4 is 16.0 Å². The number of hydrogen-bond acceptors (Lipinski definition) is 8. The van der Waals surface area contributed by atoms with Crippen molar-refractivity contribution in [3.05, 3.63) is 47.6 Å². The lowest BCUT2D eigenvalue weighted by Gasteiger charge is -2.22. The number of ketones is 1. The molecule has 0 aromatic carbocycles. The number of hydrogen-bond donors (Lipinski definition) is 3. The summed E-state index contributed by atoms with van der Waals surface area (Å²) >= 11 is 0. The molecule has 0 aliphatic carbocycles. The van der Waals surface area contributed by atoms with Gasteiger partial charge in [-0.1, -0.05) is 19.0 Å². The molecular weight excluding hydrogens is 454 g/mol. The third-order valence-corrected chi connectivity index (χ3v) is 5.55. The number of carbonyl (C=O) groups is 4. The Morgan fingerprint density at radius 2 is 1.80 bits per heavy atom. The zero-order valence-electron chi connectivity index (χ0n) is 20.3. The van der Waals surface area contributed by atoms with Crippen LogP contribution in [0.3, 0.4) is 0 Å². The van der Waals surface area contributed by atoms with E-state index >= 15 is 0 Å². The van der Waals surface area contributed by atoms with Crippen LogP contribution in [0.15, 0.2) is 35.1 Å². The first-order valence-corrected chi connectivity index (χ1v) is 11.5. The molecule has 3 N–H and O–H groups in total. The standard InChI is InChI=1S/C24H31N5O6/c1-14(2)9-17(21(31)24(4)13-34-24)27-20(30)12-26-22(32)18(11-16-5-7-25-8-6-16)28-23(33)19-10-15(3)35-29-19/h5-8,10,14,17-18H,9,11-13H2,1-4H3,(H,26,32)(H,27,30)(H,28,33)/t17-,18-,24+/m0/s1. The second-order valence-electron chi connectivity index (χ2n) is 9.26. The third-order valence-electron chi connectivity index (χ3n) is 5.55. The van der Waals surface area contributed by atoms with E-state index in [2.05, 4.69) is 26.1 Å². The molecule has 0 spiro atoms. The average molecular weight is 486 g/mol. The number of ether oxygens (including phenoxy) is 1. The van der Waals surface area contributed by atoms with E-state index in [0.29, 0.717) is 18.8 Å². The fourth-order valence-electron chi connectivity index (χ4n) is 3.53. The summed E-state index contributed by atoms with van der Waals surface area (Å²) in [6.07, 6.45) is 3.78. The molecule has 11 heteroatoms.